The predicted molar refractivity (Wildman–Crippen MR) is 103 cm³/mol. The molecule has 3 rings (SSSR count). The Morgan fingerprint density at radius 3 is 3.04 bits per heavy atom. The lowest BCUT2D eigenvalue weighted by atomic mass is 10.1. The van der Waals surface area contributed by atoms with Crippen molar-refractivity contribution < 1.29 is 13.7 Å². The van der Waals surface area contributed by atoms with Crippen LogP contribution in [-0.4, -0.2) is 44.9 Å². The van der Waals surface area contributed by atoms with Crippen LogP contribution < -0.4 is 11.1 Å². The number of primary amides is 1. The van der Waals surface area contributed by atoms with Crippen LogP contribution in [0.1, 0.15) is 29.4 Å². The van der Waals surface area contributed by atoms with Crippen molar-refractivity contribution in [3.8, 4) is 0 Å². The van der Waals surface area contributed by atoms with Crippen LogP contribution in [0.15, 0.2) is 18.5 Å². The molecule has 1 unspecified atom stereocenters. The van der Waals surface area contributed by atoms with Crippen LogP contribution in [0.3, 0.4) is 0 Å². The van der Waals surface area contributed by atoms with Gasteiger partial charge in [-0.25, -0.2) is 4.98 Å². The highest BCUT2D eigenvalue weighted by Crippen LogP contribution is 2.24. The number of rotatable bonds is 5. The Bertz CT molecular complexity index is 918. The SMILES string of the molecule is Cl.[2H]C([2H])([2H])n1cc(Cl)c2cc(CNC(=O)[C@H](C)N3CCCC3C(N)=O)cnc21. The summed E-state index contributed by atoms with van der Waals surface area (Å²) in [6, 6.07) is 0.800. The topological polar surface area (TPSA) is 93.3 Å². The van der Waals surface area contributed by atoms with Crippen LogP contribution in [0, 0.1) is 0 Å². The first kappa shape index (κ1) is 16.4. The van der Waals surface area contributed by atoms with Gasteiger partial charge in [0.15, 0.2) is 0 Å². The highest BCUT2D eigenvalue weighted by atomic mass is 35.5. The molecule has 26 heavy (non-hydrogen) atoms. The monoisotopic (exact) mass is 402 g/mol. The summed E-state index contributed by atoms with van der Waals surface area (Å²) in [4.78, 5) is 30.1. The van der Waals surface area contributed by atoms with Gasteiger partial charge in [-0.15, -0.1) is 12.4 Å². The second-order valence-corrected chi connectivity index (χ2v) is 6.66. The van der Waals surface area contributed by atoms with E-state index in [1.165, 1.54) is 12.4 Å². The summed E-state index contributed by atoms with van der Waals surface area (Å²) in [6.07, 6.45) is 4.32. The van der Waals surface area contributed by atoms with Crippen molar-refractivity contribution in [1.82, 2.24) is 19.8 Å². The smallest absolute Gasteiger partial charge is 0.237 e. The third-order valence-electron chi connectivity index (χ3n) is 4.62. The van der Waals surface area contributed by atoms with Crippen LogP contribution >= 0.6 is 24.0 Å². The number of aromatic nitrogens is 2. The molecule has 2 amide bonds. The van der Waals surface area contributed by atoms with E-state index in [1.807, 2.05) is 4.90 Å². The molecule has 0 aromatic carbocycles. The molecule has 0 bridgehead atoms. The van der Waals surface area contributed by atoms with Crippen molar-refractivity contribution in [1.29, 1.82) is 0 Å². The van der Waals surface area contributed by atoms with E-state index >= 15 is 0 Å². The van der Waals surface area contributed by atoms with E-state index in [0.717, 1.165) is 11.0 Å². The molecule has 3 heterocycles. The minimum atomic E-state index is -2.38. The fraction of sp³-hybridized carbons (Fsp3) is 0.471. The third kappa shape index (κ3) is 3.95. The predicted octanol–water partition coefficient (Wildman–Crippen LogP) is 1.60. The molecule has 1 fully saturated rings. The number of hydrogen-bond acceptors (Lipinski definition) is 4. The molecule has 0 aliphatic carbocycles. The first-order valence-corrected chi connectivity index (χ1v) is 8.46. The fourth-order valence-electron chi connectivity index (χ4n) is 3.25. The van der Waals surface area contributed by atoms with Gasteiger partial charge < -0.3 is 15.6 Å². The zero-order chi connectivity index (χ0) is 20.6. The van der Waals surface area contributed by atoms with Gasteiger partial charge in [-0.1, -0.05) is 11.6 Å². The van der Waals surface area contributed by atoms with Crippen molar-refractivity contribution in [2.45, 2.75) is 38.4 Å². The minimum Gasteiger partial charge on any atom is -0.368 e. The van der Waals surface area contributed by atoms with Crippen LogP contribution in [0.2, 0.25) is 5.02 Å². The van der Waals surface area contributed by atoms with Crippen molar-refractivity contribution >= 4 is 46.9 Å². The lowest BCUT2D eigenvalue weighted by Crippen LogP contribution is -2.50. The van der Waals surface area contributed by atoms with Crippen LogP contribution in [0.5, 0.6) is 0 Å². The molecule has 9 heteroatoms. The Morgan fingerprint density at radius 1 is 1.58 bits per heavy atom. The van der Waals surface area contributed by atoms with Gasteiger partial charge in [0.05, 0.1) is 17.1 Å². The molecule has 2 aromatic rings. The number of nitrogens with one attached hydrogen (secondary N) is 1. The van der Waals surface area contributed by atoms with Crippen molar-refractivity contribution in [3.05, 3.63) is 29.0 Å². The Kier molecular flexibility index (Phi) is 5.18. The second-order valence-electron chi connectivity index (χ2n) is 6.25. The van der Waals surface area contributed by atoms with Gasteiger partial charge in [0.2, 0.25) is 11.8 Å². The van der Waals surface area contributed by atoms with Crippen molar-refractivity contribution in [2.24, 2.45) is 12.7 Å². The van der Waals surface area contributed by atoms with Gasteiger partial charge in [0.1, 0.15) is 5.65 Å². The number of nitrogens with zero attached hydrogens (tertiary/aromatic N) is 3. The minimum absolute atomic E-state index is 0. The summed E-state index contributed by atoms with van der Waals surface area (Å²) in [5.74, 6) is -0.639. The molecule has 7 nitrogen and oxygen atoms in total. The number of carbonyl (C=O) groups excluding carboxylic acids is 2. The number of amides is 2. The molecule has 2 atom stereocenters. The maximum absolute atomic E-state index is 12.5. The summed E-state index contributed by atoms with van der Waals surface area (Å²) in [5.41, 5.74) is 6.36. The summed E-state index contributed by atoms with van der Waals surface area (Å²) in [7, 11) is 0. The van der Waals surface area contributed by atoms with Gasteiger partial charge in [-0.3, -0.25) is 14.5 Å². The molecule has 142 valence electrons. The molecule has 3 N–H and O–H groups in total. The Hall–Kier alpha value is -1.83. The molecule has 1 saturated heterocycles. The molecular formula is C17H23Cl2N5O2. The number of aryl methyl sites for hydroxylation is 1. The molecule has 2 aromatic heterocycles. The number of halogens is 2. The van der Waals surface area contributed by atoms with E-state index in [1.54, 1.807) is 13.0 Å². The van der Waals surface area contributed by atoms with Crippen molar-refractivity contribution in [2.75, 3.05) is 6.54 Å². The number of nitrogens with two attached hydrogens (primary N) is 1. The normalized spacial score (nSPS) is 20.7. The average molecular weight is 403 g/mol. The highest BCUT2D eigenvalue weighted by molar-refractivity contribution is 6.35. The van der Waals surface area contributed by atoms with Gasteiger partial charge in [-0.05, 0) is 37.9 Å². The quantitative estimate of drug-likeness (QED) is 0.793. The van der Waals surface area contributed by atoms with E-state index in [2.05, 4.69) is 10.3 Å². The fourth-order valence-corrected chi connectivity index (χ4v) is 3.49. The highest BCUT2D eigenvalue weighted by Gasteiger charge is 2.35. The zero-order valence-electron chi connectivity index (χ0n) is 17.2. The molecule has 0 spiro atoms. The average Bonchev–Trinajstić information content (AvgIpc) is 3.24. The maximum Gasteiger partial charge on any atom is 0.237 e. The summed E-state index contributed by atoms with van der Waals surface area (Å²) >= 11 is 6.15. The zero-order valence-corrected chi connectivity index (χ0v) is 15.8. The first-order valence-electron chi connectivity index (χ1n) is 9.58. The molecule has 0 saturated carbocycles. The van der Waals surface area contributed by atoms with Crippen molar-refractivity contribution in [3.63, 3.8) is 0 Å². The lowest BCUT2D eigenvalue weighted by molar-refractivity contribution is -0.129. The van der Waals surface area contributed by atoms with Crippen LogP contribution in [-0.2, 0) is 23.1 Å². The number of carbonyl (C=O) groups is 2. The number of pyridine rings is 1. The van der Waals surface area contributed by atoms with Gasteiger partial charge in [0, 0.05) is 35.4 Å². The molecule has 1 aliphatic heterocycles. The van der Waals surface area contributed by atoms with E-state index in [9.17, 15) is 9.59 Å². The van der Waals surface area contributed by atoms with Gasteiger partial charge in [-0.2, -0.15) is 0 Å². The third-order valence-corrected chi connectivity index (χ3v) is 4.92. The van der Waals surface area contributed by atoms with Crippen LogP contribution in [0.25, 0.3) is 11.0 Å². The number of likely N-dealkylation sites (tertiary alicyclic amines) is 1. The standard InChI is InChI=1S/C17H22ClN5O2.ClH/c1-10(23-5-3-4-14(23)15(19)24)17(25)21-8-11-6-12-13(18)9-22(2)16(12)20-7-11;/h6-7,9-10,14H,3-5,8H2,1-2H3,(H2,19,24)(H,21,25);1H/t10-,14?;/m0./s1/i2D3;. The van der Waals surface area contributed by atoms with Gasteiger partial charge in [0.25, 0.3) is 0 Å². The van der Waals surface area contributed by atoms with Gasteiger partial charge >= 0.3 is 0 Å². The van der Waals surface area contributed by atoms with Crippen LogP contribution in [0.4, 0.5) is 0 Å². The van der Waals surface area contributed by atoms with E-state index < -0.39 is 25.0 Å². The number of fused-ring (bicyclic) bond motifs is 1. The maximum atomic E-state index is 12.5. The lowest BCUT2D eigenvalue weighted by Gasteiger charge is -2.27. The van der Waals surface area contributed by atoms with E-state index in [4.69, 9.17) is 21.4 Å². The van der Waals surface area contributed by atoms with E-state index in [0.29, 0.717) is 23.9 Å². The number of hydrogen-bond donors (Lipinski definition) is 2. The summed E-state index contributed by atoms with van der Waals surface area (Å²) < 4.78 is 23.7. The molecule has 1 aliphatic rings. The summed E-state index contributed by atoms with van der Waals surface area (Å²) in [6.45, 7) is 0.214. The summed E-state index contributed by atoms with van der Waals surface area (Å²) in [5, 5.41) is 3.61. The first-order chi connectivity index (χ1) is 13.1. The Morgan fingerprint density at radius 2 is 2.35 bits per heavy atom. The Balaban J connectivity index is 0.00000300. The largest absolute Gasteiger partial charge is 0.368 e. The molecular weight excluding hydrogens is 377 g/mol. The second kappa shape index (κ2) is 8.24. The van der Waals surface area contributed by atoms with E-state index in [-0.39, 0.29) is 35.5 Å². The Labute approximate surface area is 167 Å². The molecule has 0 radical (unpaired) electrons.